The summed E-state index contributed by atoms with van der Waals surface area (Å²) >= 11 is 0. The first kappa shape index (κ1) is 16.0. The zero-order valence-electron chi connectivity index (χ0n) is 11.9. The van der Waals surface area contributed by atoms with E-state index in [9.17, 15) is 9.59 Å². The number of aliphatic carboxylic acids is 1. The quantitative estimate of drug-likeness (QED) is 0.666. The molecule has 5 heteroatoms. The predicted molar refractivity (Wildman–Crippen MR) is 78.4 cm³/mol. The van der Waals surface area contributed by atoms with Crippen molar-refractivity contribution in [2.75, 3.05) is 12.3 Å². The molecule has 1 unspecified atom stereocenters. The molecule has 0 heterocycles. The van der Waals surface area contributed by atoms with Crippen LogP contribution in [0.1, 0.15) is 37.0 Å². The number of anilines is 1. The van der Waals surface area contributed by atoms with E-state index in [1.807, 2.05) is 13.8 Å². The summed E-state index contributed by atoms with van der Waals surface area (Å²) < 4.78 is 0. The van der Waals surface area contributed by atoms with E-state index >= 15 is 0 Å². The first-order valence-corrected chi connectivity index (χ1v) is 6.74. The van der Waals surface area contributed by atoms with Crippen molar-refractivity contribution in [3.05, 3.63) is 29.8 Å². The van der Waals surface area contributed by atoms with Crippen LogP contribution in [0, 0.1) is 11.8 Å². The van der Waals surface area contributed by atoms with Crippen molar-refractivity contribution >= 4 is 17.6 Å². The number of hydrogen-bond donors (Lipinski definition) is 3. The van der Waals surface area contributed by atoms with Gasteiger partial charge in [-0.15, -0.1) is 0 Å². The molecule has 0 aliphatic heterocycles. The highest BCUT2D eigenvalue weighted by Crippen LogP contribution is 2.15. The van der Waals surface area contributed by atoms with Crippen molar-refractivity contribution < 1.29 is 14.7 Å². The maximum absolute atomic E-state index is 11.9. The topological polar surface area (TPSA) is 92.4 Å². The van der Waals surface area contributed by atoms with Crippen LogP contribution in [-0.2, 0) is 4.79 Å². The van der Waals surface area contributed by atoms with Gasteiger partial charge >= 0.3 is 5.97 Å². The van der Waals surface area contributed by atoms with Crippen LogP contribution in [0.15, 0.2) is 24.3 Å². The van der Waals surface area contributed by atoms with E-state index in [4.69, 9.17) is 10.8 Å². The van der Waals surface area contributed by atoms with E-state index in [0.717, 1.165) is 6.42 Å². The Bertz CT molecular complexity index is 455. The first-order chi connectivity index (χ1) is 9.38. The van der Waals surface area contributed by atoms with Gasteiger partial charge in [-0.25, -0.2) is 0 Å². The molecule has 1 aromatic carbocycles. The second-order valence-corrected chi connectivity index (χ2v) is 5.43. The Morgan fingerprint density at radius 2 is 1.85 bits per heavy atom. The van der Waals surface area contributed by atoms with Gasteiger partial charge < -0.3 is 16.2 Å². The van der Waals surface area contributed by atoms with Crippen LogP contribution in [-0.4, -0.2) is 23.5 Å². The molecule has 4 N–H and O–H groups in total. The number of nitrogens with one attached hydrogen (secondary N) is 1. The third kappa shape index (κ3) is 5.73. The Morgan fingerprint density at radius 1 is 1.25 bits per heavy atom. The summed E-state index contributed by atoms with van der Waals surface area (Å²) in [6.45, 7) is 4.45. The van der Waals surface area contributed by atoms with Crippen LogP contribution in [0.4, 0.5) is 5.69 Å². The Morgan fingerprint density at radius 3 is 2.35 bits per heavy atom. The van der Waals surface area contributed by atoms with E-state index in [0.29, 0.717) is 23.7 Å². The molecule has 5 nitrogen and oxygen atoms in total. The highest BCUT2D eigenvalue weighted by Gasteiger charge is 2.16. The average Bonchev–Trinajstić information content (AvgIpc) is 2.35. The van der Waals surface area contributed by atoms with E-state index < -0.39 is 5.97 Å². The maximum atomic E-state index is 11.9. The smallest absolute Gasteiger partial charge is 0.303 e. The predicted octanol–water partition coefficient (Wildman–Crippen LogP) is 2.14. The van der Waals surface area contributed by atoms with Crippen molar-refractivity contribution in [1.29, 1.82) is 0 Å². The molecule has 0 saturated heterocycles. The van der Waals surface area contributed by atoms with Gasteiger partial charge in [0.2, 0.25) is 0 Å². The number of carboxylic acids is 1. The van der Waals surface area contributed by atoms with Gasteiger partial charge in [-0.3, -0.25) is 9.59 Å². The molecule has 1 atom stereocenters. The van der Waals surface area contributed by atoms with Gasteiger partial charge in [0, 0.05) is 24.2 Å². The van der Waals surface area contributed by atoms with Crippen LogP contribution in [0.3, 0.4) is 0 Å². The van der Waals surface area contributed by atoms with Gasteiger partial charge in [0.25, 0.3) is 5.91 Å². The van der Waals surface area contributed by atoms with Gasteiger partial charge in [0.05, 0.1) is 0 Å². The van der Waals surface area contributed by atoms with Gasteiger partial charge in [0.1, 0.15) is 0 Å². The number of benzene rings is 1. The second-order valence-electron chi connectivity index (χ2n) is 5.43. The Labute approximate surface area is 119 Å². The summed E-state index contributed by atoms with van der Waals surface area (Å²) in [5.41, 5.74) is 6.69. The minimum atomic E-state index is -0.836. The van der Waals surface area contributed by atoms with Gasteiger partial charge in [-0.2, -0.15) is 0 Å². The Balaban J connectivity index is 2.55. The van der Waals surface area contributed by atoms with Gasteiger partial charge in [-0.1, -0.05) is 13.8 Å². The summed E-state index contributed by atoms with van der Waals surface area (Å²) in [5, 5.41) is 11.7. The summed E-state index contributed by atoms with van der Waals surface area (Å²) in [6, 6.07) is 6.63. The molecule has 1 aromatic rings. The molecule has 0 spiro atoms. The standard InChI is InChI=1S/C15H22N2O3/c1-10(2)7-11(8-14(18)19)9-17-15(20)12-3-5-13(16)6-4-12/h3-6,10-11H,7-9,16H2,1-2H3,(H,17,20)(H,18,19). The van der Waals surface area contributed by atoms with Crippen molar-refractivity contribution in [2.45, 2.75) is 26.7 Å². The van der Waals surface area contributed by atoms with Crippen LogP contribution >= 0.6 is 0 Å². The molecule has 1 rings (SSSR count). The van der Waals surface area contributed by atoms with Crippen molar-refractivity contribution in [1.82, 2.24) is 5.32 Å². The maximum Gasteiger partial charge on any atom is 0.303 e. The van der Waals surface area contributed by atoms with E-state index in [2.05, 4.69) is 5.32 Å². The van der Waals surface area contributed by atoms with E-state index in [1.165, 1.54) is 0 Å². The number of amides is 1. The molecule has 20 heavy (non-hydrogen) atoms. The number of rotatable bonds is 7. The number of carbonyl (C=O) groups is 2. The lowest BCUT2D eigenvalue weighted by atomic mass is 9.94. The second kappa shape index (κ2) is 7.53. The van der Waals surface area contributed by atoms with Crippen molar-refractivity contribution in [3.63, 3.8) is 0 Å². The van der Waals surface area contributed by atoms with Crippen molar-refractivity contribution in [3.8, 4) is 0 Å². The molecule has 0 saturated carbocycles. The normalized spacial score (nSPS) is 12.2. The van der Waals surface area contributed by atoms with Crippen LogP contribution < -0.4 is 11.1 Å². The molecule has 110 valence electrons. The third-order valence-electron chi connectivity index (χ3n) is 2.99. The number of nitrogen functional groups attached to an aromatic ring is 1. The van der Waals surface area contributed by atoms with Crippen molar-refractivity contribution in [2.24, 2.45) is 11.8 Å². The Hall–Kier alpha value is -2.04. The molecule has 0 aliphatic carbocycles. The minimum Gasteiger partial charge on any atom is -0.481 e. The summed E-state index contributed by atoms with van der Waals surface area (Å²) in [7, 11) is 0. The third-order valence-corrected chi connectivity index (χ3v) is 2.99. The van der Waals surface area contributed by atoms with Gasteiger partial charge in [-0.05, 0) is 42.5 Å². The lowest BCUT2D eigenvalue weighted by Crippen LogP contribution is -2.31. The SMILES string of the molecule is CC(C)CC(CNC(=O)c1ccc(N)cc1)CC(=O)O. The molecule has 0 aliphatic rings. The van der Waals surface area contributed by atoms with Crippen LogP contribution in [0.25, 0.3) is 0 Å². The molecular weight excluding hydrogens is 256 g/mol. The zero-order chi connectivity index (χ0) is 15.1. The monoisotopic (exact) mass is 278 g/mol. The first-order valence-electron chi connectivity index (χ1n) is 6.74. The highest BCUT2D eigenvalue weighted by atomic mass is 16.4. The van der Waals surface area contributed by atoms with Gasteiger partial charge in [0.15, 0.2) is 0 Å². The molecule has 0 bridgehead atoms. The molecule has 0 aromatic heterocycles. The average molecular weight is 278 g/mol. The largest absolute Gasteiger partial charge is 0.481 e. The fourth-order valence-electron chi connectivity index (χ4n) is 2.13. The summed E-state index contributed by atoms with van der Waals surface area (Å²) in [6.07, 6.45) is 0.842. The van der Waals surface area contributed by atoms with E-state index in [-0.39, 0.29) is 18.2 Å². The molecular formula is C15H22N2O3. The minimum absolute atomic E-state index is 0.0507. The van der Waals surface area contributed by atoms with Crippen LogP contribution in [0.2, 0.25) is 0 Å². The molecule has 0 radical (unpaired) electrons. The highest BCUT2D eigenvalue weighted by molar-refractivity contribution is 5.94. The Kier molecular flexibility index (Phi) is 6.03. The van der Waals surface area contributed by atoms with Crippen LogP contribution in [0.5, 0.6) is 0 Å². The number of nitrogens with two attached hydrogens (primary N) is 1. The number of hydrogen-bond acceptors (Lipinski definition) is 3. The summed E-state index contributed by atoms with van der Waals surface area (Å²) in [4.78, 5) is 22.7. The fourth-order valence-corrected chi connectivity index (χ4v) is 2.13. The lowest BCUT2D eigenvalue weighted by Gasteiger charge is -2.17. The fraction of sp³-hybridized carbons (Fsp3) is 0.467. The lowest BCUT2D eigenvalue weighted by molar-refractivity contribution is -0.138. The number of carboxylic acid groups (broad SMARTS) is 1. The zero-order valence-corrected chi connectivity index (χ0v) is 11.9. The van der Waals surface area contributed by atoms with E-state index in [1.54, 1.807) is 24.3 Å². The summed E-state index contributed by atoms with van der Waals surface area (Å²) in [5.74, 6) is -0.695. The number of carbonyl (C=O) groups excluding carboxylic acids is 1. The molecule has 1 amide bonds. The molecule has 0 fully saturated rings.